The molecule has 164 valence electrons. The van der Waals surface area contributed by atoms with Crippen molar-refractivity contribution in [2.45, 2.75) is 45.4 Å². The van der Waals surface area contributed by atoms with Crippen LogP contribution < -0.4 is 4.74 Å². The van der Waals surface area contributed by atoms with Crippen molar-refractivity contribution in [1.29, 1.82) is 0 Å². The Morgan fingerprint density at radius 1 is 1.03 bits per heavy atom. The third kappa shape index (κ3) is 6.81. The molecule has 0 fully saturated rings. The molecule has 5 heteroatoms. The number of ether oxygens (including phenoxy) is 1. The molecule has 1 heterocycles. The van der Waals surface area contributed by atoms with Crippen LogP contribution >= 0.6 is 0 Å². The van der Waals surface area contributed by atoms with Crippen molar-refractivity contribution >= 4 is 6.29 Å². The number of hydrogen-bond donors (Lipinski definition) is 1. The number of hydrogen-bond acceptors (Lipinski definition) is 5. The van der Waals surface area contributed by atoms with Gasteiger partial charge in [0.1, 0.15) is 24.2 Å². The van der Waals surface area contributed by atoms with Crippen molar-refractivity contribution in [3.63, 3.8) is 0 Å². The molecular formula is C26H31NO4. The number of para-hydroxylation sites is 1. The fraction of sp³-hybridized carbons (Fsp3) is 0.346. The molecule has 0 aliphatic heterocycles. The molecule has 0 bridgehead atoms. The zero-order valence-corrected chi connectivity index (χ0v) is 18.5. The Bertz CT molecular complexity index is 942. The minimum atomic E-state index is -0.719. The highest BCUT2D eigenvalue weighted by atomic mass is 16.5. The number of aliphatic hydroxyl groups excluding tert-OH is 1. The molecule has 5 nitrogen and oxygen atoms in total. The minimum Gasteiger partial charge on any atom is -0.490 e. The Kier molecular flexibility index (Phi) is 7.66. The summed E-state index contributed by atoms with van der Waals surface area (Å²) in [5, 5.41) is 10.6. The molecule has 3 rings (SSSR count). The fourth-order valence-corrected chi connectivity index (χ4v) is 3.42. The second kappa shape index (κ2) is 10.4. The zero-order valence-electron chi connectivity index (χ0n) is 18.5. The number of rotatable bonds is 10. The van der Waals surface area contributed by atoms with Crippen LogP contribution in [0.1, 0.15) is 48.0 Å². The number of aldehydes is 1. The lowest BCUT2D eigenvalue weighted by molar-refractivity contribution is 0.0601. The molecule has 2 aromatic carbocycles. The Morgan fingerprint density at radius 3 is 2.42 bits per heavy atom. The number of carbonyl (C=O) groups is 1. The fourth-order valence-electron chi connectivity index (χ4n) is 3.42. The quantitative estimate of drug-likeness (QED) is 0.475. The first-order chi connectivity index (χ1) is 14.8. The maximum absolute atomic E-state index is 11.2. The molecule has 0 saturated heterocycles. The SMILES string of the molecule is CC(C)(C)c1ccc(CN(Cc2ccco2)CC(O)COc2ccccc2C=O)cc1. The minimum absolute atomic E-state index is 0.0997. The van der Waals surface area contributed by atoms with Gasteiger partial charge in [0, 0.05) is 13.1 Å². The summed E-state index contributed by atoms with van der Waals surface area (Å²) in [5.74, 6) is 1.32. The highest BCUT2D eigenvalue weighted by Gasteiger charge is 2.17. The molecule has 0 radical (unpaired) electrons. The van der Waals surface area contributed by atoms with Crippen LogP contribution in [0.25, 0.3) is 0 Å². The van der Waals surface area contributed by atoms with Crippen LogP contribution in [0.2, 0.25) is 0 Å². The lowest BCUT2D eigenvalue weighted by Crippen LogP contribution is -2.35. The van der Waals surface area contributed by atoms with E-state index < -0.39 is 6.10 Å². The smallest absolute Gasteiger partial charge is 0.153 e. The number of carbonyl (C=O) groups excluding carboxylic acids is 1. The van der Waals surface area contributed by atoms with Crippen molar-refractivity contribution in [2.24, 2.45) is 0 Å². The molecule has 0 spiro atoms. The van der Waals surface area contributed by atoms with Crippen LogP contribution in [0.3, 0.4) is 0 Å². The van der Waals surface area contributed by atoms with Gasteiger partial charge < -0.3 is 14.3 Å². The largest absolute Gasteiger partial charge is 0.490 e. The highest BCUT2D eigenvalue weighted by Crippen LogP contribution is 2.23. The maximum atomic E-state index is 11.2. The predicted molar refractivity (Wildman–Crippen MR) is 121 cm³/mol. The van der Waals surface area contributed by atoms with Gasteiger partial charge in [-0.3, -0.25) is 9.69 Å². The topological polar surface area (TPSA) is 62.9 Å². The molecular weight excluding hydrogens is 390 g/mol. The van der Waals surface area contributed by atoms with Crippen molar-refractivity contribution < 1.29 is 19.1 Å². The monoisotopic (exact) mass is 421 g/mol. The van der Waals surface area contributed by atoms with Gasteiger partial charge in [0.15, 0.2) is 6.29 Å². The predicted octanol–water partition coefficient (Wildman–Crippen LogP) is 4.83. The summed E-state index contributed by atoms with van der Waals surface area (Å²) in [5.41, 5.74) is 3.04. The van der Waals surface area contributed by atoms with Gasteiger partial charge in [0.25, 0.3) is 0 Å². The second-order valence-corrected chi connectivity index (χ2v) is 8.82. The van der Waals surface area contributed by atoms with E-state index in [-0.39, 0.29) is 12.0 Å². The van der Waals surface area contributed by atoms with Gasteiger partial charge in [-0.1, -0.05) is 57.2 Å². The third-order valence-electron chi connectivity index (χ3n) is 5.13. The molecule has 0 aliphatic carbocycles. The molecule has 0 saturated carbocycles. The molecule has 3 aromatic rings. The first-order valence-electron chi connectivity index (χ1n) is 10.5. The average Bonchev–Trinajstić information content (AvgIpc) is 3.25. The van der Waals surface area contributed by atoms with E-state index >= 15 is 0 Å². The Morgan fingerprint density at radius 2 is 1.77 bits per heavy atom. The molecule has 31 heavy (non-hydrogen) atoms. The third-order valence-corrected chi connectivity index (χ3v) is 5.13. The maximum Gasteiger partial charge on any atom is 0.153 e. The van der Waals surface area contributed by atoms with E-state index in [1.807, 2.05) is 12.1 Å². The van der Waals surface area contributed by atoms with Crippen LogP contribution in [0.15, 0.2) is 71.3 Å². The Hall–Kier alpha value is -2.89. The normalized spacial score (nSPS) is 12.7. The molecule has 0 amide bonds. The lowest BCUT2D eigenvalue weighted by Gasteiger charge is -2.25. The summed E-state index contributed by atoms with van der Waals surface area (Å²) in [6, 6.07) is 19.4. The first kappa shape index (κ1) is 22.8. The van der Waals surface area contributed by atoms with Crippen LogP contribution in [-0.2, 0) is 18.5 Å². The van der Waals surface area contributed by atoms with Gasteiger partial charge in [0.2, 0.25) is 0 Å². The second-order valence-electron chi connectivity index (χ2n) is 8.82. The van der Waals surface area contributed by atoms with E-state index in [1.54, 1.807) is 30.5 Å². The summed E-state index contributed by atoms with van der Waals surface area (Å²) in [6.45, 7) is 8.36. The lowest BCUT2D eigenvalue weighted by atomic mass is 9.87. The van der Waals surface area contributed by atoms with Crippen molar-refractivity contribution in [3.8, 4) is 5.75 Å². The molecule has 1 unspecified atom stereocenters. The number of furan rings is 1. The average molecular weight is 422 g/mol. The first-order valence-corrected chi connectivity index (χ1v) is 10.5. The number of aliphatic hydroxyl groups is 1. The van der Waals surface area contributed by atoms with E-state index in [9.17, 15) is 9.90 Å². The van der Waals surface area contributed by atoms with E-state index in [0.29, 0.717) is 30.9 Å². The summed E-state index contributed by atoms with van der Waals surface area (Å²) in [7, 11) is 0. The van der Waals surface area contributed by atoms with Crippen LogP contribution in [0.5, 0.6) is 5.75 Å². The van der Waals surface area contributed by atoms with Gasteiger partial charge in [-0.25, -0.2) is 0 Å². The summed E-state index contributed by atoms with van der Waals surface area (Å²) < 4.78 is 11.2. The van der Waals surface area contributed by atoms with Crippen molar-refractivity contribution in [3.05, 3.63) is 89.4 Å². The standard InChI is InChI=1S/C26H31NO4/c1-26(2,3)22-12-10-20(11-13-22)15-27(17-24-8-6-14-30-24)16-23(29)19-31-25-9-5-4-7-21(25)18-28/h4-14,18,23,29H,15-17,19H2,1-3H3. The van der Waals surface area contributed by atoms with Crippen LogP contribution in [-0.4, -0.2) is 35.5 Å². The molecule has 0 aliphatic rings. The molecule has 1 N–H and O–H groups in total. The van der Waals surface area contributed by atoms with E-state index in [2.05, 4.69) is 49.9 Å². The number of nitrogens with zero attached hydrogens (tertiary/aromatic N) is 1. The van der Waals surface area contributed by atoms with Gasteiger partial charge >= 0.3 is 0 Å². The van der Waals surface area contributed by atoms with Gasteiger partial charge in [-0.05, 0) is 40.8 Å². The van der Waals surface area contributed by atoms with Crippen LogP contribution in [0.4, 0.5) is 0 Å². The molecule has 1 aromatic heterocycles. The van der Waals surface area contributed by atoms with Crippen LogP contribution in [0, 0.1) is 0 Å². The molecule has 1 atom stereocenters. The van der Waals surface area contributed by atoms with Gasteiger partial charge in [-0.15, -0.1) is 0 Å². The van der Waals surface area contributed by atoms with E-state index in [4.69, 9.17) is 9.15 Å². The number of benzene rings is 2. The Labute approximate surface area is 184 Å². The summed E-state index contributed by atoms with van der Waals surface area (Å²) in [6.07, 6.45) is 1.69. The van der Waals surface area contributed by atoms with E-state index in [1.165, 1.54) is 11.1 Å². The van der Waals surface area contributed by atoms with Gasteiger partial charge in [0.05, 0.1) is 18.4 Å². The van der Waals surface area contributed by atoms with E-state index in [0.717, 1.165) is 12.0 Å². The van der Waals surface area contributed by atoms with Crippen molar-refractivity contribution in [2.75, 3.05) is 13.2 Å². The van der Waals surface area contributed by atoms with Crippen molar-refractivity contribution in [1.82, 2.24) is 4.90 Å². The summed E-state index contributed by atoms with van der Waals surface area (Å²) in [4.78, 5) is 13.3. The zero-order chi connectivity index (χ0) is 22.3. The summed E-state index contributed by atoms with van der Waals surface area (Å²) >= 11 is 0. The Balaban J connectivity index is 1.65. The highest BCUT2D eigenvalue weighted by molar-refractivity contribution is 5.79. The van der Waals surface area contributed by atoms with Gasteiger partial charge in [-0.2, -0.15) is 0 Å².